The third-order valence-corrected chi connectivity index (χ3v) is 5.30. The van der Waals surface area contributed by atoms with Gasteiger partial charge in [-0.1, -0.05) is 44.2 Å². The van der Waals surface area contributed by atoms with Crippen LogP contribution >= 0.6 is 0 Å². The molecule has 0 saturated carbocycles. The number of hydrogen-bond donors (Lipinski definition) is 2. The number of aromatic amines is 1. The Hall–Kier alpha value is -4.17. The van der Waals surface area contributed by atoms with Crippen molar-refractivity contribution in [2.24, 2.45) is 0 Å². The molecule has 0 aliphatic heterocycles. The van der Waals surface area contributed by atoms with Gasteiger partial charge in [-0.2, -0.15) is 5.26 Å². The summed E-state index contributed by atoms with van der Waals surface area (Å²) in [5.41, 5.74) is 5.57. The summed E-state index contributed by atoms with van der Waals surface area (Å²) in [5.74, 6) is -0.520. The van der Waals surface area contributed by atoms with E-state index < -0.39 is 0 Å². The van der Waals surface area contributed by atoms with Gasteiger partial charge in [0.1, 0.15) is 5.82 Å². The number of nitrogens with one attached hydrogen (secondary N) is 2. The molecule has 32 heavy (non-hydrogen) atoms. The van der Waals surface area contributed by atoms with Crippen LogP contribution in [0, 0.1) is 17.1 Å². The molecule has 5 heteroatoms. The van der Waals surface area contributed by atoms with Crippen LogP contribution in [0.5, 0.6) is 0 Å². The van der Waals surface area contributed by atoms with E-state index in [1.165, 1.54) is 12.1 Å². The van der Waals surface area contributed by atoms with Crippen molar-refractivity contribution in [1.29, 1.82) is 5.26 Å². The fourth-order valence-electron chi connectivity index (χ4n) is 3.74. The maximum Gasteiger partial charge on any atom is 0.258 e. The summed E-state index contributed by atoms with van der Waals surface area (Å²) < 4.78 is 13.6. The van der Waals surface area contributed by atoms with Crippen molar-refractivity contribution in [3.05, 3.63) is 102 Å². The van der Waals surface area contributed by atoms with E-state index in [-0.39, 0.29) is 17.6 Å². The molecule has 4 nitrogen and oxygen atoms in total. The van der Waals surface area contributed by atoms with Crippen LogP contribution < -0.4 is 5.32 Å². The Balaban J connectivity index is 1.94. The van der Waals surface area contributed by atoms with E-state index in [0.717, 1.165) is 28.1 Å². The van der Waals surface area contributed by atoms with Crippen molar-refractivity contribution in [2.75, 3.05) is 5.32 Å². The molecule has 0 bridgehead atoms. The average molecular weight is 423 g/mol. The molecule has 4 rings (SSSR count). The molecule has 0 aliphatic rings. The van der Waals surface area contributed by atoms with Crippen LogP contribution in [0.25, 0.3) is 22.4 Å². The molecule has 0 unspecified atom stereocenters. The van der Waals surface area contributed by atoms with E-state index in [1.807, 2.05) is 56.3 Å². The second-order valence-electron chi connectivity index (χ2n) is 7.83. The largest absolute Gasteiger partial charge is 0.357 e. The molecule has 1 aromatic heterocycles. The first-order valence-corrected chi connectivity index (χ1v) is 10.4. The summed E-state index contributed by atoms with van der Waals surface area (Å²) in [6.45, 7) is 4.03. The minimum absolute atomic E-state index is 0.0397. The number of anilines is 1. The number of nitriles is 1. The van der Waals surface area contributed by atoms with Gasteiger partial charge in [0.15, 0.2) is 0 Å². The molecule has 1 amide bonds. The lowest BCUT2D eigenvalue weighted by Crippen LogP contribution is -2.15. The summed E-state index contributed by atoms with van der Waals surface area (Å²) in [4.78, 5) is 16.9. The molecule has 0 aliphatic carbocycles. The van der Waals surface area contributed by atoms with Crippen LogP contribution in [0.3, 0.4) is 0 Å². The maximum absolute atomic E-state index is 13.6. The van der Waals surface area contributed by atoms with E-state index >= 15 is 0 Å². The van der Waals surface area contributed by atoms with Crippen LogP contribution in [0.15, 0.2) is 78.9 Å². The topological polar surface area (TPSA) is 68.7 Å². The zero-order valence-electron chi connectivity index (χ0n) is 17.8. The highest BCUT2D eigenvalue weighted by atomic mass is 19.1. The predicted molar refractivity (Wildman–Crippen MR) is 125 cm³/mol. The monoisotopic (exact) mass is 423 g/mol. The number of hydrogen-bond acceptors (Lipinski definition) is 2. The quantitative estimate of drug-likeness (QED) is 0.373. The molecule has 4 aromatic rings. The van der Waals surface area contributed by atoms with Gasteiger partial charge in [0.05, 0.1) is 22.9 Å². The first-order valence-electron chi connectivity index (χ1n) is 10.4. The van der Waals surface area contributed by atoms with Crippen LogP contribution in [0.1, 0.15) is 41.4 Å². The fraction of sp³-hybridized carbons (Fsp3) is 0.111. The molecular formula is C27H22FN3O. The SMILES string of the molecule is CC(C)c1[nH]c(-c2ccc(F)cc2)c(-c2ccc(C#N)cc2)c1C(=O)Nc1ccccc1. The minimum atomic E-state index is -0.327. The normalized spacial score (nSPS) is 10.7. The van der Waals surface area contributed by atoms with Gasteiger partial charge in [0, 0.05) is 16.9 Å². The van der Waals surface area contributed by atoms with Gasteiger partial charge in [-0.3, -0.25) is 4.79 Å². The second-order valence-corrected chi connectivity index (χ2v) is 7.83. The minimum Gasteiger partial charge on any atom is -0.357 e. The van der Waals surface area contributed by atoms with Crippen molar-refractivity contribution in [3.63, 3.8) is 0 Å². The molecular weight excluding hydrogens is 401 g/mol. The van der Waals surface area contributed by atoms with Crippen LogP contribution in [-0.4, -0.2) is 10.9 Å². The Morgan fingerprint density at radius 3 is 2.16 bits per heavy atom. The highest BCUT2D eigenvalue weighted by molar-refractivity contribution is 6.12. The molecule has 0 spiro atoms. The van der Waals surface area contributed by atoms with E-state index in [1.54, 1.807) is 24.3 Å². The predicted octanol–water partition coefficient (Wildman–Crippen LogP) is 6.74. The molecule has 0 saturated heterocycles. The number of benzene rings is 3. The first-order chi connectivity index (χ1) is 15.5. The molecule has 3 aromatic carbocycles. The number of carbonyl (C=O) groups excluding carboxylic acids is 1. The van der Waals surface area contributed by atoms with E-state index in [4.69, 9.17) is 0 Å². The van der Waals surface area contributed by atoms with Gasteiger partial charge in [-0.25, -0.2) is 4.39 Å². The highest BCUT2D eigenvalue weighted by Gasteiger charge is 2.26. The van der Waals surface area contributed by atoms with Gasteiger partial charge in [0.25, 0.3) is 5.91 Å². The molecule has 0 radical (unpaired) electrons. The number of rotatable bonds is 5. The lowest BCUT2D eigenvalue weighted by molar-refractivity contribution is 0.102. The number of para-hydroxylation sites is 1. The van der Waals surface area contributed by atoms with Crippen molar-refractivity contribution in [2.45, 2.75) is 19.8 Å². The zero-order valence-corrected chi connectivity index (χ0v) is 17.8. The van der Waals surface area contributed by atoms with Gasteiger partial charge in [0.2, 0.25) is 0 Å². The summed E-state index contributed by atoms with van der Waals surface area (Å²) in [6.07, 6.45) is 0. The van der Waals surface area contributed by atoms with E-state index in [9.17, 15) is 14.4 Å². The van der Waals surface area contributed by atoms with Crippen molar-refractivity contribution in [3.8, 4) is 28.5 Å². The Labute approximate surface area is 186 Å². The Bertz CT molecular complexity index is 1280. The van der Waals surface area contributed by atoms with Gasteiger partial charge in [-0.05, 0) is 65.6 Å². The Morgan fingerprint density at radius 1 is 0.938 bits per heavy atom. The number of H-pyrrole nitrogens is 1. The van der Waals surface area contributed by atoms with Crippen molar-refractivity contribution >= 4 is 11.6 Å². The summed E-state index contributed by atoms with van der Waals surface area (Å²) in [6, 6.07) is 24.7. The molecule has 2 N–H and O–H groups in total. The molecule has 0 fully saturated rings. The van der Waals surface area contributed by atoms with Gasteiger partial charge < -0.3 is 10.3 Å². The summed E-state index contributed by atoms with van der Waals surface area (Å²) in [5, 5.41) is 12.2. The number of aromatic nitrogens is 1. The first kappa shape index (κ1) is 21.1. The third kappa shape index (κ3) is 4.17. The lowest BCUT2D eigenvalue weighted by atomic mass is 9.94. The zero-order chi connectivity index (χ0) is 22.7. The lowest BCUT2D eigenvalue weighted by Gasteiger charge is -2.12. The van der Waals surface area contributed by atoms with Crippen molar-refractivity contribution < 1.29 is 9.18 Å². The van der Waals surface area contributed by atoms with Crippen LogP contribution in [0.4, 0.5) is 10.1 Å². The van der Waals surface area contributed by atoms with Gasteiger partial charge in [-0.15, -0.1) is 0 Å². The van der Waals surface area contributed by atoms with Crippen LogP contribution in [-0.2, 0) is 0 Å². The molecule has 1 heterocycles. The Kier molecular flexibility index (Phi) is 5.87. The Morgan fingerprint density at radius 2 is 1.56 bits per heavy atom. The van der Waals surface area contributed by atoms with Crippen molar-refractivity contribution in [1.82, 2.24) is 4.98 Å². The smallest absolute Gasteiger partial charge is 0.258 e. The fourth-order valence-corrected chi connectivity index (χ4v) is 3.74. The van der Waals surface area contributed by atoms with Gasteiger partial charge >= 0.3 is 0 Å². The summed E-state index contributed by atoms with van der Waals surface area (Å²) >= 11 is 0. The summed E-state index contributed by atoms with van der Waals surface area (Å²) in [7, 11) is 0. The average Bonchev–Trinajstić information content (AvgIpc) is 3.21. The third-order valence-electron chi connectivity index (χ3n) is 5.30. The van der Waals surface area contributed by atoms with E-state index in [2.05, 4.69) is 16.4 Å². The number of halogens is 1. The van der Waals surface area contributed by atoms with Crippen LogP contribution in [0.2, 0.25) is 0 Å². The number of amides is 1. The molecule has 0 atom stereocenters. The highest BCUT2D eigenvalue weighted by Crippen LogP contribution is 2.39. The number of carbonyl (C=O) groups is 1. The maximum atomic E-state index is 13.6. The standard InChI is InChI=1S/C27H22FN3O/c1-17(2)25-24(27(32)30-22-6-4-3-5-7-22)23(19-10-8-18(16-29)9-11-19)26(31-25)20-12-14-21(28)15-13-20/h3-15,17,31H,1-2H3,(H,30,32). The molecule has 158 valence electrons. The van der Waals surface area contributed by atoms with E-state index in [0.29, 0.717) is 16.8 Å². The number of nitrogens with zero attached hydrogens (tertiary/aromatic N) is 1. The second kappa shape index (κ2) is 8.91.